The number of carbonyl (C=O) groups is 2. The van der Waals surface area contributed by atoms with E-state index >= 15 is 0 Å². The van der Waals surface area contributed by atoms with Crippen molar-refractivity contribution in [2.45, 2.75) is 129 Å². The second-order valence-electron chi connectivity index (χ2n) is 9.72. The number of phosphoric ester groups is 1. The van der Waals surface area contributed by atoms with E-state index in [0.717, 1.165) is 70.6 Å². The summed E-state index contributed by atoms with van der Waals surface area (Å²) >= 11 is 0. The van der Waals surface area contributed by atoms with Crippen LogP contribution in [0.2, 0.25) is 0 Å². The van der Waals surface area contributed by atoms with Gasteiger partial charge in [-0.05, 0) is 38.5 Å². The summed E-state index contributed by atoms with van der Waals surface area (Å²) in [5.74, 6) is -0.541. The number of amides is 1. The van der Waals surface area contributed by atoms with Crippen molar-refractivity contribution < 1.29 is 37.9 Å². The summed E-state index contributed by atoms with van der Waals surface area (Å²) in [4.78, 5) is 33.2. The van der Waals surface area contributed by atoms with Crippen molar-refractivity contribution in [3.63, 3.8) is 0 Å². The maximum absolute atomic E-state index is 11.9. The molecule has 0 heterocycles. The maximum atomic E-state index is 11.9. The molecular weight excluding hydrogens is 509 g/mol. The lowest BCUT2D eigenvalue weighted by atomic mass is 10.1. The van der Waals surface area contributed by atoms with Gasteiger partial charge in [-0.25, -0.2) is 4.57 Å². The van der Waals surface area contributed by atoms with Crippen LogP contribution in [0, 0.1) is 0 Å². The number of rotatable bonds is 27. The highest BCUT2D eigenvalue weighted by molar-refractivity contribution is 7.47. The van der Waals surface area contributed by atoms with Gasteiger partial charge in [0, 0.05) is 19.4 Å². The number of aliphatic hydroxyl groups is 1. The van der Waals surface area contributed by atoms with Gasteiger partial charge < -0.3 is 20.1 Å². The molecule has 10 heteroatoms. The minimum Gasteiger partial charge on any atom is -0.463 e. The Hall–Kier alpha value is -1.25. The van der Waals surface area contributed by atoms with Crippen LogP contribution in [0.5, 0.6) is 0 Å². The summed E-state index contributed by atoms with van der Waals surface area (Å²) < 4.78 is 26.4. The third-order valence-electron chi connectivity index (χ3n) is 5.95. The first-order valence-electron chi connectivity index (χ1n) is 14.7. The van der Waals surface area contributed by atoms with Crippen molar-refractivity contribution in [3.8, 4) is 0 Å². The zero-order valence-electron chi connectivity index (χ0n) is 23.9. The highest BCUT2D eigenvalue weighted by Gasteiger charge is 2.23. The first-order valence-corrected chi connectivity index (χ1v) is 16.2. The van der Waals surface area contributed by atoms with Crippen molar-refractivity contribution in [2.24, 2.45) is 0 Å². The van der Waals surface area contributed by atoms with Crippen LogP contribution in [-0.2, 0) is 27.9 Å². The Balaban J connectivity index is 3.69. The van der Waals surface area contributed by atoms with E-state index in [1.165, 1.54) is 25.7 Å². The molecule has 0 rings (SSSR count). The van der Waals surface area contributed by atoms with E-state index in [-0.39, 0.29) is 32.1 Å². The van der Waals surface area contributed by atoms with E-state index in [1.807, 2.05) is 0 Å². The Morgan fingerprint density at radius 3 is 2.03 bits per heavy atom. The third-order valence-corrected chi connectivity index (χ3v) is 6.93. The van der Waals surface area contributed by atoms with Gasteiger partial charge in [0.2, 0.25) is 5.91 Å². The second kappa shape index (κ2) is 26.0. The predicted molar refractivity (Wildman–Crippen MR) is 151 cm³/mol. The first-order chi connectivity index (χ1) is 18.3. The molecule has 3 N–H and O–H groups in total. The predicted octanol–water partition coefficient (Wildman–Crippen LogP) is 6.37. The average Bonchev–Trinajstić information content (AvgIpc) is 2.89. The van der Waals surface area contributed by atoms with E-state index in [2.05, 4.69) is 31.3 Å². The minimum absolute atomic E-state index is 0.0814. The molecule has 2 atom stereocenters. The molecule has 38 heavy (non-hydrogen) atoms. The number of hydrogen-bond donors (Lipinski definition) is 3. The molecule has 0 aliphatic heterocycles. The molecule has 9 nitrogen and oxygen atoms in total. The lowest BCUT2D eigenvalue weighted by molar-refractivity contribution is -0.147. The Morgan fingerprint density at radius 2 is 1.34 bits per heavy atom. The fourth-order valence-electron chi connectivity index (χ4n) is 3.67. The Kier molecular flexibility index (Phi) is 25.1. The molecule has 0 aromatic carbocycles. The fraction of sp³-hybridized carbons (Fsp3) is 0.857. The van der Waals surface area contributed by atoms with Crippen LogP contribution in [-0.4, -0.2) is 54.3 Å². The number of hydrogen-bond acceptors (Lipinski definition) is 7. The number of allylic oxidation sites excluding steroid dienone is 2. The molecule has 0 aromatic rings. The molecule has 0 saturated carbocycles. The topological polar surface area (TPSA) is 131 Å². The first kappa shape index (κ1) is 36.8. The van der Waals surface area contributed by atoms with Gasteiger partial charge in [0.15, 0.2) is 0 Å². The highest BCUT2D eigenvalue weighted by Crippen LogP contribution is 2.42. The summed E-state index contributed by atoms with van der Waals surface area (Å²) in [6.45, 7) is 3.39. The second-order valence-corrected chi connectivity index (χ2v) is 11.2. The number of carbonyl (C=O) groups excluding carboxylic acids is 2. The zero-order chi connectivity index (χ0) is 28.3. The Labute approximate surface area is 230 Å². The summed E-state index contributed by atoms with van der Waals surface area (Å²) in [7, 11) is -4.39. The van der Waals surface area contributed by atoms with Gasteiger partial charge in [-0.2, -0.15) is 0 Å². The van der Waals surface area contributed by atoms with Crippen LogP contribution >= 0.6 is 7.82 Å². The number of ether oxygens (including phenoxy) is 1. The average molecular weight is 564 g/mol. The van der Waals surface area contributed by atoms with Crippen molar-refractivity contribution in [3.05, 3.63) is 12.2 Å². The monoisotopic (exact) mass is 563 g/mol. The third kappa shape index (κ3) is 26.4. The fourth-order valence-corrected chi connectivity index (χ4v) is 4.42. The summed E-state index contributed by atoms with van der Waals surface area (Å²) in [5, 5.41) is 12.5. The summed E-state index contributed by atoms with van der Waals surface area (Å²) in [5.41, 5.74) is 0. The minimum atomic E-state index is -4.39. The van der Waals surface area contributed by atoms with E-state index < -0.39 is 26.5 Å². The number of esters is 1. The van der Waals surface area contributed by atoms with Crippen molar-refractivity contribution >= 4 is 19.7 Å². The number of nitrogens with one attached hydrogen (secondary N) is 1. The van der Waals surface area contributed by atoms with Gasteiger partial charge in [-0.1, -0.05) is 83.8 Å². The van der Waals surface area contributed by atoms with Crippen LogP contribution in [0.15, 0.2) is 12.2 Å². The Bertz CT molecular complexity index is 659. The van der Waals surface area contributed by atoms with Crippen molar-refractivity contribution in [2.75, 3.05) is 26.4 Å². The molecule has 0 saturated heterocycles. The van der Waals surface area contributed by atoms with Gasteiger partial charge in [0.25, 0.3) is 0 Å². The lowest BCUT2D eigenvalue weighted by Crippen LogP contribution is -2.27. The molecule has 224 valence electrons. The van der Waals surface area contributed by atoms with E-state index in [4.69, 9.17) is 13.8 Å². The number of aliphatic hydroxyl groups excluding tert-OH is 1. The van der Waals surface area contributed by atoms with E-state index in [0.29, 0.717) is 6.42 Å². The van der Waals surface area contributed by atoms with Crippen molar-refractivity contribution in [1.82, 2.24) is 5.32 Å². The molecular formula is C28H54NO8P. The highest BCUT2D eigenvalue weighted by atomic mass is 31.2. The standard InChI is InChI=1S/C28H54NO8P/c1-3-5-7-9-10-11-12-13-14-15-17-19-21-28(32)35-24-26(30)25-37-38(33,34)36-23-22-29-27(31)20-18-16-8-6-4-2/h10-11,26,30H,3-9,12-25H2,1-2H3,(H,29,31)(H,33,34)/b11-10-. The normalized spacial score (nSPS) is 13.9. The van der Waals surface area contributed by atoms with Crippen LogP contribution in [0.4, 0.5) is 0 Å². The van der Waals surface area contributed by atoms with Crippen LogP contribution < -0.4 is 5.32 Å². The smallest absolute Gasteiger partial charge is 0.463 e. The van der Waals surface area contributed by atoms with E-state index in [9.17, 15) is 24.2 Å². The summed E-state index contributed by atoms with van der Waals surface area (Å²) in [6, 6.07) is 0. The molecule has 0 aromatic heterocycles. The van der Waals surface area contributed by atoms with Crippen LogP contribution in [0.25, 0.3) is 0 Å². The SMILES string of the molecule is CCCCC/C=C\CCCCCCCC(=O)OCC(O)COP(=O)(O)OCCNC(=O)CCCCCCC. The lowest BCUT2D eigenvalue weighted by Gasteiger charge is -2.15. The van der Waals surface area contributed by atoms with Crippen LogP contribution in [0.1, 0.15) is 123 Å². The molecule has 0 spiro atoms. The van der Waals surface area contributed by atoms with Crippen LogP contribution in [0.3, 0.4) is 0 Å². The molecule has 2 unspecified atom stereocenters. The Morgan fingerprint density at radius 1 is 0.789 bits per heavy atom. The zero-order valence-corrected chi connectivity index (χ0v) is 24.8. The summed E-state index contributed by atoms with van der Waals surface area (Å²) in [6.07, 6.45) is 20.4. The van der Waals surface area contributed by atoms with Gasteiger partial charge in [-0.15, -0.1) is 0 Å². The maximum Gasteiger partial charge on any atom is 0.472 e. The van der Waals surface area contributed by atoms with Gasteiger partial charge >= 0.3 is 13.8 Å². The molecule has 0 aliphatic rings. The quantitative estimate of drug-likeness (QED) is 0.0455. The largest absolute Gasteiger partial charge is 0.472 e. The van der Waals surface area contributed by atoms with E-state index in [1.54, 1.807) is 0 Å². The molecule has 0 radical (unpaired) electrons. The molecule has 0 fully saturated rings. The number of phosphoric acid groups is 1. The van der Waals surface area contributed by atoms with Gasteiger partial charge in [0.1, 0.15) is 12.7 Å². The number of unbranched alkanes of at least 4 members (excludes halogenated alkanes) is 12. The molecule has 0 bridgehead atoms. The van der Waals surface area contributed by atoms with Gasteiger partial charge in [0.05, 0.1) is 13.2 Å². The molecule has 0 aliphatic carbocycles. The molecule has 1 amide bonds. The van der Waals surface area contributed by atoms with Gasteiger partial charge in [-0.3, -0.25) is 18.6 Å². The van der Waals surface area contributed by atoms with Crippen molar-refractivity contribution in [1.29, 1.82) is 0 Å².